The van der Waals surface area contributed by atoms with Crippen LogP contribution < -0.4 is 5.73 Å². The first-order valence-electron chi connectivity index (χ1n) is 6.56. The van der Waals surface area contributed by atoms with E-state index in [1.165, 1.54) is 0 Å². The Labute approximate surface area is 108 Å². The monoisotopic (exact) mass is 250 g/mol. The van der Waals surface area contributed by atoms with Gasteiger partial charge in [-0.05, 0) is 12.5 Å². The van der Waals surface area contributed by atoms with E-state index in [2.05, 4.69) is 11.8 Å². The molecule has 100 valence electrons. The summed E-state index contributed by atoms with van der Waals surface area (Å²) < 4.78 is 5.47. The fraction of sp³-hybridized carbons (Fsp3) is 0.571. The predicted molar refractivity (Wildman–Crippen MR) is 72.3 cm³/mol. The second-order valence-electron chi connectivity index (χ2n) is 4.78. The molecular formula is C14H22N2O2. The van der Waals surface area contributed by atoms with E-state index >= 15 is 0 Å². The van der Waals surface area contributed by atoms with Gasteiger partial charge in [0.15, 0.2) is 0 Å². The lowest BCUT2D eigenvalue weighted by atomic mass is 10.1. The van der Waals surface area contributed by atoms with Gasteiger partial charge in [-0.3, -0.25) is 4.90 Å². The largest absolute Gasteiger partial charge is 0.398 e. The third-order valence-electron chi connectivity index (χ3n) is 3.58. The third kappa shape index (κ3) is 3.02. The lowest BCUT2D eigenvalue weighted by molar-refractivity contribution is -0.0276. The molecule has 0 spiro atoms. The Morgan fingerprint density at radius 3 is 3.00 bits per heavy atom. The summed E-state index contributed by atoms with van der Waals surface area (Å²) in [4.78, 5) is 2.29. The fourth-order valence-electron chi connectivity index (χ4n) is 2.44. The van der Waals surface area contributed by atoms with E-state index in [-0.39, 0.29) is 0 Å². The van der Waals surface area contributed by atoms with Crippen LogP contribution in [-0.4, -0.2) is 42.4 Å². The molecule has 0 radical (unpaired) electrons. The molecule has 0 aromatic heterocycles. The number of rotatable bonds is 4. The number of nitrogens with two attached hydrogens (primary N) is 1. The number of benzene rings is 1. The fourth-order valence-corrected chi connectivity index (χ4v) is 2.44. The number of aliphatic hydroxyl groups excluding tert-OH is 1. The SMILES string of the molecule is CCC1COCCN1CC(O)c1ccccc1N. The molecule has 1 saturated heterocycles. The summed E-state index contributed by atoms with van der Waals surface area (Å²) in [6, 6.07) is 7.91. The van der Waals surface area contributed by atoms with Crippen molar-refractivity contribution < 1.29 is 9.84 Å². The van der Waals surface area contributed by atoms with Gasteiger partial charge in [0.1, 0.15) is 0 Å². The van der Waals surface area contributed by atoms with E-state index in [1.54, 1.807) is 0 Å². The summed E-state index contributed by atoms with van der Waals surface area (Å²) >= 11 is 0. The number of anilines is 1. The second-order valence-corrected chi connectivity index (χ2v) is 4.78. The van der Waals surface area contributed by atoms with Crippen LogP contribution in [0.1, 0.15) is 25.0 Å². The molecule has 1 aromatic carbocycles. The van der Waals surface area contributed by atoms with Crippen LogP contribution in [-0.2, 0) is 4.74 Å². The summed E-state index contributed by atoms with van der Waals surface area (Å²) in [5.74, 6) is 0. The number of morpholine rings is 1. The van der Waals surface area contributed by atoms with Gasteiger partial charge in [0.05, 0.1) is 19.3 Å². The van der Waals surface area contributed by atoms with Gasteiger partial charge in [-0.15, -0.1) is 0 Å². The van der Waals surface area contributed by atoms with Gasteiger partial charge in [0.25, 0.3) is 0 Å². The Kier molecular flexibility index (Phi) is 4.58. The van der Waals surface area contributed by atoms with Gasteiger partial charge in [-0.25, -0.2) is 0 Å². The van der Waals surface area contributed by atoms with E-state index in [0.29, 0.717) is 18.3 Å². The van der Waals surface area contributed by atoms with Crippen molar-refractivity contribution in [3.8, 4) is 0 Å². The topological polar surface area (TPSA) is 58.7 Å². The number of hydrogen-bond acceptors (Lipinski definition) is 4. The summed E-state index contributed by atoms with van der Waals surface area (Å²) in [5, 5.41) is 10.3. The minimum atomic E-state index is -0.529. The predicted octanol–water partition coefficient (Wildman–Crippen LogP) is 1.41. The van der Waals surface area contributed by atoms with Gasteiger partial charge < -0.3 is 15.6 Å². The Balaban J connectivity index is 2.02. The van der Waals surface area contributed by atoms with Crippen LogP contribution in [0.5, 0.6) is 0 Å². The van der Waals surface area contributed by atoms with Crippen molar-refractivity contribution in [3.63, 3.8) is 0 Å². The molecule has 18 heavy (non-hydrogen) atoms. The smallest absolute Gasteiger partial charge is 0.0936 e. The molecule has 0 amide bonds. The number of ether oxygens (including phenoxy) is 1. The van der Waals surface area contributed by atoms with Gasteiger partial charge >= 0.3 is 0 Å². The second kappa shape index (κ2) is 6.18. The maximum absolute atomic E-state index is 10.3. The zero-order valence-electron chi connectivity index (χ0n) is 10.9. The van der Waals surface area contributed by atoms with Crippen LogP contribution in [0.3, 0.4) is 0 Å². The number of hydrogen-bond donors (Lipinski definition) is 2. The minimum absolute atomic E-state index is 0.401. The van der Waals surface area contributed by atoms with Crippen LogP contribution in [0.4, 0.5) is 5.69 Å². The number of nitrogen functional groups attached to an aromatic ring is 1. The standard InChI is InChI=1S/C14H22N2O2/c1-2-11-10-18-8-7-16(11)9-14(17)12-5-3-4-6-13(12)15/h3-6,11,14,17H,2,7-10,15H2,1H3. The lowest BCUT2D eigenvalue weighted by Gasteiger charge is -2.36. The average Bonchev–Trinajstić information content (AvgIpc) is 2.39. The maximum Gasteiger partial charge on any atom is 0.0936 e. The first kappa shape index (κ1) is 13.3. The Hall–Kier alpha value is -1.10. The molecular weight excluding hydrogens is 228 g/mol. The number of aliphatic hydroxyl groups is 1. The van der Waals surface area contributed by atoms with Crippen molar-refractivity contribution in [3.05, 3.63) is 29.8 Å². The highest BCUT2D eigenvalue weighted by Crippen LogP contribution is 2.22. The highest BCUT2D eigenvalue weighted by Gasteiger charge is 2.24. The zero-order valence-corrected chi connectivity index (χ0v) is 10.9. The van der Waals surface area contributed by atoms with Crippen LogP contribution in [0.15, 0.2) is 24.3 Å². The van der Waals surface area contributed by atoms with Crippen LogP contribution in [0.25, 0.3) is 0 Å². The summed E-state index contributed by atoms with van der Waals surface area (Å²) in [6.45, 7) is 5.15. The number of nitrogens with zero attached hydrogens (tertiary/aromatic N) is 1. The van der Waals surface area contributed by atoms with Crippen molar-refractivity contribution in [2.75, 3.05) is 32.0 Å². The molecule has 4 heteroatoms. The normalized spacial score (nSPS) is 22.9. The first-order chi connectivity index (χ1) is 8.72. The third-order valence-corrected chi connectivity index (χ3v) is 3.58. The van der Waals surface area contributed by atoms with Crippen LogP contribution in [0.2, 0.25) is 0 Å². The Bertz CT molecular complexity index is 384. The molecule has 4 nitrogen and oxygen atoms in total. The van der Waals surface area contributed by atoms with Gasteiger partial charge in [-0.2, -0.15) is 0 Å². The van der Waals surface area contributed by atoms with Crippen molar-refractivity contribution in [1.29, 1.82) is 0 Å². The van der Waals surface area contributed by atoms with Crippen molar-refractivity contribution in [2.45, 2.75) is 25.5 Å². The van der Waals surface area contributed by atoms with E-state index in [1.807, 2.05) is 24.3 Å². The number of β-amino-alcohol motifs (C(OH)–C–C–N with tert-alkyl or cyclic N) is 1. The molecule has 1 fully saturated rings. The Morgan fingerprint density at radius 2 is 2.28 bits per heavy atom. The van der Waals surface area contributed by atoms with E-state index < -0.39 is 6.10 Å². The molecule has 0 aliphatic carbocycles. The van der Waals surface area contributed by atoms with Gasteiger partial charge in [0.2, 0.25) is 0 Å². The highest BCUT2D eigenvalue weighted by molar-refractivity contribution is 5.47. The first-order valence-corrected chi connectivity index (χ1v) is 6.56. The quantitative estimate of drug-likeness (QED) is 0.793. The lowest BCUT2D eigenvalue weighted by Crippen LogP contribution is -2.46. The molecule has 2 atom stereocenters. The molecule has 1 aromatic rings. The molecule has 3 N–H and O–H groups in total. The summed E-state index contributed by atoms with van der Waals surface area (Å²) in [6.07, 6.45) is 0.509. The molecule has 0 saturated carbocycles. The van der Waals surface area contributed by atoms with Crippen molar-refractivity contribution in [1.82, 2.24) is 4.90 Å². The number of para-hydroxylation sites is 1. The Morgan fingerprint density at radius 1 is 1.50 bits per heavy atom. The maximum atomic E-state index is 10.3. The van der Waals surface area contributed by atoms with E-state index in [0.717, 1.165) is 31.7 Å². The zero-order chi connectivity index (χ0) is 13.0. The van der Waals surface area contributed by atoms with Crippen LogP contribution >= 0.6 is 0 Å². The molecule has 1 aliphatic heterocycles. The molecule has 0 bridgehead atoms. The molecule has 1 heterocycles. The molecule has 2 rings (SSSR count). The van der Waals surface area contributed by atoms with E-state index in [4.69, 9.17) is 10.5 Å². The van der Waals surface area contributed by atoms with Crippen LogP contribution in [0, 0.1) is 0 Å². The minimum Gasteiger partial charge on any atom is -0.398 e. The average molecular weight is 250 g/mol. The molecule has 2 unspecified atom stereocenters. The van der Waals surface area contributed by atoms with E-state index in [9.17, 15) is 5.11 Å². The molecule has 1 aliphatic rings. The van der Waals surface area contributed by atoms with Gasteiger partial charge in [-0.1, -0.05) is 25.1 Å². The summed E-state index contributed by atoms with van der Waals surface area (Å²) in [5.41, 5.74) is 7.37. The summed E-state index contributed by atoms with van der Waals surface area (Å²) in [7, 11) is 0. The van der Waals surface area contributed by atoms with Crippen molar-refractivity contribution in [2.24, 2.45) is 0 Å². The van der Waals surface area contributed by atoms with Crippen molar-refractivity contribution >= 4 is 5.69 Å². The van der Waals surface area contributed by atoms with Gasteiger partial charge in [0, 0.05) is 30.4 Å². The highest BCUT2D eigenvalue weighted by atomic mass is 16.5.